The van der Waals surface area contributed by atoms with Crippen LogP contribution < -0.4 is 4.90 Å². The van der Waals surface area contributed by atoms with Crippen LogP contribution in [0.15, 0.2) is 42.5 Å². The molecule has 1 aliphatic rings. The summed E-state index contributed by atoms with van der Waals surface area (Å²) in [5.41, 5.74) is 0.967. The van der Waals surface area contributed by atoms with E-state index in [-0.39, 0.29) is 23.0 Å². The lowest BCUT2D eigenvalue weighted by Gasteiger charge is -2.27. The minimum absolute atomic E-state index is 0.00167. The largest absolute Gasteiger partial charge is 0.508 e. The first-order valence-corrected chi connectivity index (χ1v) is 8.85. The van der Waals surface area contributed by atoms with Crippen LogP contribution in [-0.4, -0.2) is 28.7 Å². The Balaban J connectivity index is 2.21. The first-order valence-electron chi connectivity index (χ1n) is 7.42. The van der Waals surface area contributed by atoms with Gasteiger partial charge in [0.15, 0.2) is 0 Å². The number of rotatable bonds is 1. The fourth-order valence-corrected chi connectivity index (χ4v) is 4.13. The first kappa shape index (κ1) is 18.6. The second-order valence-electron chi connectivity index (χ2n) is 5.58. The molecule has 3 N–H and O–H groups in total. The molecule has 1 aliphatic heterocycles. The molecule has 1 heterocycles. The highest BCUT2D eigenvalue weighted by Crippen LogP contribution is 2.47. The molecule has 2 aromatic rings. The summed E-state index contributed by atoms with van der Waals surface area (Å²) in [5.74, 6) is -2.06. The minimum Gasteiger partial charge on any atom is -0.508 e. The van der Waals surface area contributed by atoms with Gasteiger partial charge in [-0.3, -0.25) is 15.7 Å². The van der Waals surface area contributed by atoms with E-state index >= 15 is 0 Å². The number of nitrogens with zero attached hydrogens (tertiary/aromatic N) is 1. The van der Waals surface area contributed by atoms with Crippen LogP contribution in [0.1, 0.15) is 16.4 Å². The number of hydrogen-bond acceptors (Lipinski definition) is 4. The number of fused-ring (bicyclic) bond motifs is 1. The Morgan fingerprint density at radius 3 is 2.54 bits per heavy atom. The normalized spacial score (nSPS) is 17.6. The Bertz CT molecular complexity index is 888. The van der Waals surface area contributed by atoms with E-state index < -0.39 is 17.3 Å². The van der Waals surface area contributed by atoms with E-state index in [4.69, 9.17) is 22.4 Å². The average Bonchev–Trinajstić information content (AvgIpc) is 2.70. The summed E-state index contributed by atoms with van der Waals surface area (Å²) < 4.78 is 39.5. The number of phenolic OH excluding ortho intramolecular Hbond substituents is 1. The zero-order valence-electron chi connectivity index (χ0n) is 13.1. The number of nitrogens with one attached hydrogen (secondary N) is 2. The molecule has 0 bridgehead atoms. The molecule has 0 unspecified atom stereocenters. The molecule has 0 amide bonds. The zero-order chi connectivity index (χ0) is 19.1. The Labute approximate surface area is 156 Å². The molecular formula is C17H13ClF3N3OS. The van der Waals surface area contributed by atoms with E-state index in [1.165, 1.54) is 36.0 Å². The average molecular weight is 400 g/mol. The maximum absolute atomic E-state index is 13.2. The van der Waals surface area contributed by atoms with Gasteiger partial charge in [0, 0.05) is 10.6 Å². The summed E-state index contributed by atoms with van der Waals surface area (Å²) in [6.45, 7) is 0. The van der Waals surface area contributed by atoms with E-state index in [1.54, 1.807) is 18.2 Å². The lowest BCUT2D eigenvalue weighted by atomic mass is 10.0. The van der Waals surface area contributed by atoms with Gasteiger partial charge in [-0.05, 0) is 29.8 Å². The van der Waals surface area contributed by atoms with Crippen molar-refractivity contribution in [2.45, 2.75) is 11.4 Å². The molecule has 0 saturated heterocycles. The summed E-state index contributed by atoms with van der Waals surface area (Å²) >= 11 is 7.25. The second-order valence-corrected chi connectivity index (χ2v) is 7.11. The molecule has 0 aromatic heterocycles. The molecule has 9 heteroatoms. The number of hydrogen-bond donors (Lipinski definition) is 3. The molecule has 0 saturated carbocycles. The summed E-state index contributed by atoms with van der Waals surface area (Å²) in [6.07, 6.45) is -4.90. The van der Waals surface area contributed by atoms with Crippen LogP contribution in [0.3, 0.4) is 0 Å². The molecule has 4 nitrogen and oxygen atoms in total. The number of benzene rings is 2. The number of para-hydroxylation sites is 1. The van der Waals surface area contributed by atoms with Gasteiger partial charge in [-0.15, -0.1) is 11.8 Å². The number of anilines is 1. The van der Waals surface area contributed by atoms with Crippen molar-refractivity contribution in [3.63, 3.8) is 0 Å². The van der Waals surface area contributed by atoms with Crippen LogP contribution in [-0.2, 0) is 0 Å². The Kier molecular flexibility index (Phi) is 4.90. The molecule has 26 heavy (non-hydrogen) atoms. The van der Waals surface area contributed by atoms with Gasteiger partial charge in [0.2, 0.25) is 5.84 Å². The molecular weight excluding hydrogens is 387 g/mol. The molecule has 0 aliphatic carbocycles. The fraction of sp³-hybridized carbons (Fsp3) is 0.176. The van der Waals surface area contributed by atoms with Crippen molar-refractivity contribution in [2.75, 3.05) is 10.7 Å². The van der Waals surface area contributed by atoms with Gasteiger partial charge in [-0.25, -0.2) is 0 Å². The van der Waals surface area contributed by atoms with Crippen LogP contribution in [0.5, 0.6) is 5.75 Å². The third kappa shape index (κ3) is 3.39. The van der Waals surface area contributed by atoms with Crippen molar-refractivity contribution >= 4 is 40.7 Å². The van der Waals surface area contributed by atoms with Crippen LogP contribution in [0.2, 0.25) is 5.02 Å². The van der Waals surface area contributed by atoms with Crippen LogP contribution >= 0.6 is 23.4 Å². The molecule has 0 spiro atoms. The summed E-state index contributed by atoms with van der Waals surface area (Å²) in [4.78, 5) is 0.582. The fourth-order valence-electron chi connectivity index (χ4n) is 2.75. The topological polar surface area (TPSA) is 71.2 Å². The Morgan fingerprint density at radius 2 is 1.88 bits per heavy atom. The van der Waals surface area contributed by atoms with Crippen LogP contribution in [0.4, 0.5) is 18.9 Å². The Morgan fingerprint density at radius 1 is 1.19 bits per heavy atom. The van der Waals surface area contributed by atoms with Crippen molar-refractivity contribution < 1.29 is 18.3 Å². The number of phenols is 1. The van der Waals surface area contributed by atoms with Gasteiger partial charge in [-0.2, -0.15) is 13.2 Å². The van der Waals surface area contributed by atoms with E-state index in [0.717, 1.165) is 0 Å². The lowest BCUT2D eigenvalue weighted by Crippen LogP contribution is -2.45. The summed E-state index contributed by atoms with van der Waals surface area (Å²) in [6, 6.07) is 10.8. The zero-order valence-corrected chi connectivity index (χ0v) is 14.7. The third-order valence-corrected chi connectivity index (χ3v) is 5.40. The summed E-state index contributed by atoms with van der Waals surface area (Å²) in [7, 11) is 0. The Hall–Kier alpha value is -2.19. The molecule has 2 aromatic carbocycles. The lowest BCUT2D eigenvalue weighted by molar-refractivity contribution is -0.0604. The second kappa shape index (κ2) is 6.85. The van der Waals surface area contributed by atoms with E-state index in [1.807, 2.05) is 0 Å². The van der Waals surface area contributed by atoms with Crippen molar-refractivity contribution in [2.24, 2.45) is 0 Å². The van der Waals surface area contributed by atoms with Gasteiger partial charge < -0.3 is 5.11 Å². The number of halogens is 4. The number of aromatic hydroxyl groups is 1. The SMILES string of the molecule is N=C1CS[C@H](c2ccccc2O)c2cc(Cl)ccc2N1C(=N)C(F)(F)F. The van der Waals surface area contributed by atoms with Gasteiger partial charge in [-0.1, -0.05) is 29.8 Å². The number of amidine groups is 2. The first-order chi connectivity index (χ1) is 12.2. The predicted octanol–water partition coefficient (Wildman–Crippen LogP) is 5.21. The quantitative estimate of drug-likeness (QED) is 0.455. The molecule has 0 fully saturated rings. The standard InChI is InChI=1S/C17H13ClF3N3OS/c18-9-5-6-12-11(7-9)15(10-3-1-2-4-13(10)25)26-8-14(22)24(12)16(23)17(19,20)21/h1-7,15,22-23,25H,8H2/t15-/m1/s1. The summed E-state index contributed by atoms with van der Waals surface area (Å²) in [5, 5.41) is 25.6. The van der Waals surface area contributed by atoms with Gasteiger partial charge in [0.1, 0.15) is 11.6 Å². The monoisotopic (exact) mass is 399 g/mol. The van der Waals surface area contributed by atoms with Crippen molar-refractivity contribution in [3.8, 4) is 5.75 Å². The van der Waals surface area contributed by atoms with E-state index in [0.29, 0.717) is 21.0 Å². The van der Waals surface area contributed by atoms with Gasteiger partial charge in [0.25, 0.3) is 0 Å². The highest BCUT2D eigenvalue weighted by atomic mass is 35.5. The molecule has 3 rings (SSSR count). The minimum atomic E-state index is -4.90. The highest BCUT2D eigenvalue weighted by molar-refractivity contribution is 8.00. The van der Waals surface area contributed by atoms with Crippen molar-refractivity contribution in [1.29, 1.82) is 10.8 Å². The van der Waals surface area contributed by atoms with Gasteiger partial charge in [0.05, 0.1) is 16.7 Å². The van der Waals surface area contributed by atoms with Gasteiger partial charge >= 0.3 is 6.18 Å². The predicted molar refractivity (Wildman–Crippen MR) is 97.8 cm³/mol. The molecule has 1 atom stereocenters. The highest BCUT2D eigenvalue weighted by Gasteiger charge is 2.43. The smallest absolute Gasteiger partial charge is 0.449 e. The van der Waals surface area contributed by atoms with E-state index in [2.05, 4.69) is 0 Å². The number of thioether (sulfide) groups is 1. The van der Waals surface area contributed by atoms with E-state index in [9.17, 15) is 18.3 Å². The van der Waals surface area contributed by atoms with Crippen molar-refractivity contribution in [3.05, 3.63) is 58.6 Å². The third-order valence-electron chi connectivity index (χ3n) is 3.88. The molecule has 136 valence electrons. The maximum Gasteiger partial charge on any atom is 0.449 e. The molecule has 0 radical (unpaired) electrons. The van der Waals surface area contributed by atoms with Crippen LogP contribution in [0, 0.1) is 10.8 Å². The number of alkyl halides is 3. The van der Waals surface area contributed by atoms with Crippen LogP contribution in [0.25, 0.3) is 0 Å². The van der Waals surface area contributed by atoms with Crippen molar-refractivity contribution in [1.82, 2.24) is 0 Å². The maximum atomic E-state index is 13.2.